The molecule has 0 bridgehead atoms. The minimum atomic E-state index is -0.555. The van der Waals surface area contributed by atoms with Crippen molar-refractivity contribution in [2.24, 2.45) is 0 Å². The van der Waals surface area contributed by atoms with Gasteiger partial charge in [-0.2, -0.15) is 0 Å². The number of benzene rings is 2. The maximum absolute atomic E-state index is 12.8. The largest absolute Gasteiger partial charge is 0.357 e. The number of halogens is 1. The lowest BCUT2D eigenvalue weighted by molar-refractivity contribution is -0.138. The topological polar surface area (TPSA) is 49.4 Å². The van der Waals surface area contributed by atoms with Crippen LogP contribution >= 0.6 is 23.4 Å². The first kappa shape index (κ1) is 21.3. The van der Waals surface area contributed by atoms with Crippen LogP contribution in [0.2, 0.25) is 5.02 Å². The number of carbonyl (C=O) groups is 2. The first-order chi connectivity index (χ1) is 12.9. The van der Waals surface area contributed by atoms with E-state index >= 15 is 0 Å². The van der Waals surface area contributed by atoms with Gasteiger partial charge in [0, 0.05) is 24.4 Å². The summed E-state index contributed by atoms with van der Waals surface area (Å²) in [5.74, 6) is 0.820. The van der Waals surface area contributed by atoms with Gasteiger partial charge in [-0.05, 0) is 37.1 Å². The summed E-state index contributed by atoms with van der Waals surface area (Å²) in [6, 6.07) is 15.1. The molecule has 0 spiro atoms. The molecule has 0 aliphatic carbocycles. The molecule has 2 amide bonds. The number of aryl methyl sites for hydroxylation is 1. The fourth-order valence-corrected chi connectivity index (χ4v) is 3.84. The molecule has 0 radical (unpaired) electrons. The Balaban J connectivity index is 2.04. The zero-order chi connectivity index (χ0) is 19.8. The Bertz CT molecular complexity index is 797. The number of hydrogen-bond acceptors (Lipinski definition) is 3. The molecule has 6 heteroatoms. The predicted octanol–water partition coefficient (Wildman–Crippen LogP) is 4.04. The second-order valence-electron chi connectivity index (χ2n) is 6.42. The van der Waals surface area contributed by atoms with Gasteiger partial charge in [-0.1, -0.05) is 53.6 Å². The van der Waals surface area contributed by atoms with Crippen molar-refractivity contribution < 1.29 is 9.59 Å². The number of rotatable bonds is 8. The van der Waals surface area contributed by atoms with Crippen molar-refractivity contribution in [2.45, 2.75) is 32.2 Å². The Morgan fingerprint density at radius 1 is 1.15 bits per heavy atom. The summed E-state index contributed by atoms with van der Waals surface area (Å²) in [6.45, 7) is 4.14. The second-order valence-corrected chi connectivity index (χ2v) is 7.85. The second kappa shape index (κ2) is 10.4. The molecule has 1 N–H and O–H groups in total. The Hall–Kier alpha value is -1.98. The van der Waals surface area contributed by atoms with Gasteiger partial charge >= 0.3 is 0 Å². The molecular weight excluding hydrogens is 380 g/mol. The van der Waals surface area contributed by atoms with Crippen molar-refractivity contribution in [3.05, 3.63) is 70.2 Å². The van der Waals surface area contributed by atoms with Gasteiger partial charge in [-0.15, -0.1) is 11.8 Å². The maximum atomic E-state index is 12.8. The highest BCUT2D eigenvalue weighted by Crippen LogP contribution is 2.18. The first-order valence-corrected chi connectivity index (χ1v) is 10.3. The number of nitrogens with zero attached hydrogens (tertiary/aromatic N) is 1. The molecule has 2 rings (SSSR count). The Kier molecular flexibility index (Phi) is 8.20. The van der Waals surface area contributed by atoms with E-state index in [0.29, 0.717) is 17.3 Å². The maximum Gasteiger partial charge on any atom is 0.242 e. The van der Waals surface area contributed by atoms with E-state index < -0.39 is 6.04 Å². The van der Waals surface area contributed by atoms with Crippen LogP contribution in [0.3, 0.4) is 0 Å². The highest BCUT2D eigenvalue weighted by Gasteiger charge is 2.25. The van der Waals surface area contributed by atoms with Crippen LogP contribution in [0.25, 0.3) is 0 Å². The molecule has 0 saturated heterocycles. The minimum Gasteiger partial charge on any atom is -0.357 e. The minimum absolute atomic E-state index is 0.0660. The number of amides is 2. The Morgan fingerprint density at radius 2 is 1.85 bits per heavy atom. The lowest BCUT2D eigenvalue weighted by Gasteiger charge is -2.28. The molecule has 1 atom stereocenters. The lowest BCUT2D eigenvalue weighted by atomic mass is 10.1. The average molecular weight is 405 g/mol. The number of carbonyl (C=O) groups excluding carboxylic acids is 2. The van der Waals surface area contributed by atoms with Crippen molar-refractivity contribution in [3.8, 4) is 0 Å². The highest BCUT2D eigenvalue weighted by molar-refractivity contribution is 7.99. The van der Waals surface area contributed by atoms with Gasteiger partial charge in [0.25, 0.3) is 0 Å². The third-order valence-corrected chi connectivity index (χ3v) is 5.46. The van der Waals surface area contributed by atoms with E-state index in [9.17, 15) is 9.59 Å². The molecule has 0 saturated carbocycles. The van der Waals surface area contributed by atoms with Crippen LogP contribution in [0.5, 0.6) is 0 Å². The predicted molar refractivity (Wildman–Crippen MR) is 113 cm³/mol. The Morgan fingerprint density at radius 3 is 2.52 bits per heavy atom. The van der Waals surface area contributed by atoms with Crippen molar-refractivity contribution in [2.75, 3.05) is 12.8 Å². The van der Waals surface area contributed by atoms with Crippen molar-refractivity contribution >= 4 is 35.2 Å². The molecule has 0 aliphatic rings. The zero-order valence-electron chi connectivity index (χ0n) is 15.9. The summed E-state index contributed by atoms with van der Waals surface area (Å²) in [4.78, 5) is 26.6. The summed E-state index contributed by atoms with van der Waals surface area (Å²) in [7, 11) is 1.58. The first-order valence-electron chi connectivity index (χ1n) is 8.79. The van der Waals surface area contributed by atoms with E-state index in [-0.39, 0.29) is 11.8 Å². The van der Waals surface area contributed by atoms with Gasteiger partial charge in [0.15, 0.2) is 0 Å². The molecule has 0 unspecified atom stereocenters. The smallest absolute Gasteiger partial charge is 0.242 e. The average Bonchev–Trinajstić information content (AvgIpc) is 2.65. The molecule has 2 aromatic carbocycles. The third-order valence-electron chi connectivity index (χ3n) is 4.23. The number of hydrogen-bond donors (Lipinski definition) is 1. The molecule has 0 fully saturated rings. The normalized spacial score (nSPS) is 11.7. The number of thioether (sulfide) groups is 1. The molecule has 2 aromatic rings. The molecule has 0 aromatic heterocycles. The van der Waals surface area contributed by atoms with E-state index in [1.165, 1.54) is 11.1 Å². The number of nitrogens with one attached hydrogen (secondary N) is 1. The van der Waals surface area contributed by atoms with Gasteiger partial charge in [-0.3, -0.25) is 9.59 Å². The summed E-state index contributed by atoms with van der Waals surface area (Å²) in [6.07, 6.45) is 0. The summed E-state index contributed by atoms with van der Waals surface area (Å²) >= 11 is 7.61. The van der Waals surface area contributed by atoms with Gasteiger partial charge in [-0.25, -0.2) is 0 Å². The van der Waals surface area contributed by atoms with Crippen molar-refractivity contribution in [1.82, 2.24) is 10.2 Å². The van der Waals surface area contributed by atoms with Crippen LogP contribution in [-0.4, -0.2) is 35.6 Å². The standard InChI is InChI=1S/C21H25ClN2O2S/c1-15-6-4-8-18(10-15)13-27-14-20(25)24(16(2)21(26)23-3)12-17-7-5-9-19(22)11-17/h4-11,16H,12-14H2,1-3H3,(H,23,26)/t16-/m1/s1. The SMILES string of the molecule is CNC(=O)[C@@H](C)N(Cc1cccc(Cl)c1)C(=O)CSCc1cccc(C)c1. The molecule has 0 heterocycles. The van der Waals surface area contributed by atoms with E-state index in [1.807, 2.05) is 24.3 Å². The van der Waals surface area contributed by atoms with Gasteiger partial charge in [0.2, 0.25) is 11.8 Å². The van der Waals surface area contributed by atoms with E-state index in [1.54, 1.807) is 36.7 Å². The van der Waals surface area contributed by atoms with E-state index in [0.717, 1.165) is 11.3 Å². The van der Waals surface area contributed by atoms with Crippen LogP contribution < -0.4 is 5.32 Å². The lowest BCUT2D eigenvalue weighted by Crippen LogP contribution is -2.47. The number of likely N-dealkylation sites (N-methyl/N-ethyl adjacent to an activating group) is 1. The van der Waals surface area contributed by atoms with Crippen LogP contribution in [-0.2, 0) is 21.9 Å². The van der Waals surface area contributed by atoms with Crippen molar-refractivity contribution in [1.29, 1.82) is 0 Å². The molecule has 0 aliphatic heterocycles. The molecule has 144 valence electrons. The summed E-state index contributed by atoms with van der Waals surface area (Å²) in [5, 5.41) is 3.23. The monoisotopic (exact) mass is 404 g/mol. The van der Waals surface area contributed by atoms with Crippen LogP contribution in [0.1, 0.15) is 23.6 Å². The quantitative estimate of drug-likeness (QED) is 0.722. The van der Waals surface area contributed by atoms with E-state index in [4.69, 9.17) is 11.6 Å². The fraction of sp³-hybridized carbons (Fsp3) is 0.333. The fourth-order valence-electron chi connectivity index (χ4n) is 2.76. The van der Waals surface area contributed by atoms with Crippen LogP contribution in [0.15, 0.2) is 48.5 Å². The molecular formula is C21H25ClN2O2S. The van der Waals surface area contributed by atoms with E-state index in [2.05, 4.69) is 30.4 Å². The third kappa shape index (κ3) is 6.60. The molecule has 4 nitrogen and oxygen atoms in total. The summed E-state index contributed by atoms with van der Waals surface area (Å²) < 4.78 is 0. The summed E-state index contributed by atoms with van der Waals surface area (Å²) in [5.41, 5.74) is 3.29. The highest BCUT2D eigenvalue weighted by atomic mass is 35.5. The van der Waals surface area contributed by atoms with Crippen LogP contribution in [0.4, 0.5) is 0 Å². The van der Waals surface area contributed by atoms with Crippen molar-refractivity contribution in [3.63, 3.8) is 0 Å². The Labute approximate surface area is 170 Å². The van der Waals surface area contributed by atoms with Crippen LogP contribution in [0, 0.1) is 6.92 Å². The van der Waals surface area contributed by atoms with Gasteiger partial charge < -0.3 is 10.2 Å². The van der Waals surface area contributed by atoms with Gasteiger partial charge in [0.05, 0.1) is 5.75 Å². The van der Waals surface area contributed by atoms with Gasteiger partial charge in [0.1, 0.15) is 6.04 Å². The molecule has 27 heavy (non-hydrogen) atoms. The zero-order valence-corrected chi connectivity index (χ0v) is 17.4.